The fourth-order valence-corrected chi connectivity index (χ4v) is 1.74. The summed E-state index contributed by atoms with van der Waals surface area (Å²) in [5, 5.41) is 3.28. The molecule has 5 heteroatoms. The normalized spacial score (nSPS) is 15.8. The summed E-state index contributed by atoms with van der Waals surface area (Å²) in [6.45, 7) is 5.36. The van der Waals surface area contributed by atoms with Crippen molar-refractivity contribution in [2.24, 2.45) is 0 Å². The Kier molecular flexibility index (Phi) is 3.03. The van der Waals surface area contributed by atoms with E-state index < -0.39 is 0 Å². The van der Waals surface area contributed by atoms with E-state index in [9.17, 15) is 4.79 Å². The molecule has 86 valence electrons. The van der Waals surface area contributed by atoms with Crippen LogP contribution in [-0.2, 0) is 4.79 Å². The van der Waals surface area contributed by atoms with Crippen molar-refractivity contribution in [2.45, 2.75) is 26.3 Å². The van der Waals surface area contributed by atoms with Gasteiger partial charge in [0.25, 0.3) is 0 Å². The summed E-state index contributed by atoms with van der Waals surface area (Å²) in [5.74, 6) is 1.05. The number of nitrogens with zero attached hydrogens (tertiary/aromatic N) is 3. The van der Waals surface area contributed by atoms with Crippen LogP contribution in [0, 0.1) is 6.92 Å². The second-order valence-corrected chi connectivity index (χ2v) is 4.04. The van der Waals surface area contributed by atoms with Crippen LogP contribution in [0.25, 0.3) is 0 Å². The van der Waals surface area contributed by atoms with E-state index in [1.54, 1.807) is 6.33 Å². The van der Waals surface area contributed by atoms with Crippen LogP contribution in [0.15, 0.2) is 12.4 Å². The number of aryl methyl sites for hydroxylation is 1. The molecular weight excluding hydrogens is 204 g/mol. The molecule has 0 spiro atoms. The summed E-state index contributed by atoms with van der Waals surface area (Å²) in [7, 11) is 0. The number of hydrogen-bond acceptors (Lipinski definition) is 4. The van der Waals surface area contributed by atoms with Gasteiger partial charge in [-0.15, -0.1) is 0 Å². The van der Waals surface area contributed by atoms with Crippen molar-refractivity contribution in [3.8, 4) is 0 Å². The van der Waals surface area contributed by atoms with Crippen molar-refractivity contribution in [1.82, 2.24) is 14.9 Å². The SMILES string of the molecule is CCC(=O)N1CC(Nc2cc(C)ncn2)C1. The highest BCUT2D eigenvalue weighted by atomic mass is 16.2. The number of likely N-dealkylation sites (tertiary alicyclic amines) is 1. The average Bonchev–Trinajstić information content (AvgIpc) is 2.22. The highest BCUT2D eigenvalue weighted by Gasteiger charge is 2.29. The summed E-state index contributed by atoms with van der Waals surface area (Å²) in [6, 6.07) is 2.23. The molecule has 1 aromatic rings. The Balaban J connectivity index is 1.84. The lowest BCUT2D eigenvalue weighted by Gasteiger charge is -2.39. The van der Waals surface area contributed by atoms with Crippen molar-refractivity contribution in [1.29, 1.82) is 0 Å². The van der Waals surface area contributed by atoms with Crippen LogP contribution in [0.5, 0.6) is 0 Å². The Morgan fingerprint density at radius 1 is 1.56 bits per heavy atom. The van der Waals surface area contributed by atoms with E-state index in [0.29, 0.717) is 12.5 Å². The number of anilines is 1. The molecule has 1 saturated heterocycles. The van der Waals surface area contributed by atoms with Crippen molar-refractivity contribution in [3.63, 3.8) is 0 Å². The van der Waals surface area contributed by atoms with Crippen molar-refractivity contribution >= 4 is 11.7 Å². The van der Waals surface area contributed by atoms with Gasteiger partial charge in [0.2, 0.25) is 5.91 Å². The van der Waals surface area contributed by atoms with Crippen LogP contribution in [0.2, 0.25) is 0 Å². The molecule has 1 aliphatic heterocycles. The lowest BCUT2D eigenvalue weighted by molar-refractivity contribution is -0.134. The Labute approximate surface area is 94.9 Å². The van der Waals surface area contributed by atoms with Gasteiger partial charge in [0.1, 0.15) is 12.1 Å². The molecule has 0 radical (unpaired) electrons. The first-order chi connectivity index (χ1) is 7.69. The molecule has 0 aromatic carbocycles. The van der Waals surface area contributed by atoms with Crippen LogP contribution in [-0.4, -0.2) is 39.9 Å². The smallest absolute Gasteiger partial charge is 0.222 e. The van der Waals surface area contributed by atoms with Gasteiger partial charge in [-0.3, -0.25) is 4.79 Å². The lowest BCUT2D eigenvalue weighted by atomic mass is 10.1. The summed E-state index contributed by atoms with van der Waals surface area (Å²) < 4.78 is 0. The first-order valence-electron chi connectivity index (χ1n) is 5.52. The van der Waals surface area contributed by atoms with E-state index in [1.807, 2.05) is 24.8 Å². The molecule has 1 N–H and O–H groups in total. The largest absolute Gasteiger partial charge is 0.364 e. The number of nitrogens with one attached hydrogen (secondary N) is 1. The van der Waals surface area contributed by atoms with Crippen molar-refractivity contribution in [2.75, 3.05) is 18.4 Å². The Morgan fingerprint density at radius 3 is 2.94 bits per heavy atom. The molecule has 2 heterocycles. The third kappa shape index (κ3) is 2.29. The van der Waals surface area contributed by atoms with Crippen LogP contribution in [0.4, 0.5) is 5.82 Å². The standard InChI is InChI=1S/C11H16N4O/c1-3-11(16)15-5-9(6-15)14-10-4-8(2)12-7-13-10/h4,7,9H,3,5-6H2,1-2H3,(H,12,13,14). The molecule has 0 aliphatic carbocycles. The van der Waals surface area contributed by atoms with E-state index in [-0.39, 0.29) is 5.91 Å². The number of aromatic nitrogens is 2. The van der Waals surface area contributed by atoms with Crippen molar-refractivity contribution in [3.05, 3.63) is 18.1 Å². The van der Waals surface area contributed by atoms with Gasteiger partial charge in [0.05, 0.1) is 6.04 Å². The number of carbonyl (C=O) groups excluding carboxylic acids is 1. The molecule has 0 atom stereocenters. The van der Waals surface area contributed by atoms with E-state index in [1.165, 1.54) is 0 Å². The van der Waals surface area contributed by atoms with Gasteiger partial charge in [0, 0.05) is 31.3 Å². The topological polar surface area (TPSA) is 58.1 Å². The third-order valence-corrected chi connectivity index (χ3v) is 2.69. The minimum absolute atomic E-state index is 0.219. The molecule has 1 aliphatic rings. The zero-order chi connectivity index (χ0) is 11.5. The van der Waals surface area contributed by atoms with Crippen LogP contribution >= 0.6 is 0 Å². The zero-order valence-electron chi connectivity index (χ0n) is 9.60. The summed E-state index contributed by atoms with van der Waals surface area (Å²) in [5.41, 5.74) is 0.943. The average molecular weight is 220 g/mol. The van der Waals surface area contributed by atoms with Gasteiger partial charge < -0.3 is 10.2 Å². The van der Waals surface area contributed by atoms with Gasteiger partial charge >= 0.3 is 0 Å². The maximum atomic E-state index is 11.3. The molecule has 0 bridgehead atoms. The van der Waals surface area contributed by atoms with Gasteiger partial charge in [-0.1, -0.05) is 6.92 Å². The molecular formula is C11H16N4O. The molecule has 5 nitrogen and oxygen atoms in total. The fourth-order valence-electron chi connectivity index (χ4n) is 1.74. The van der Waals surface area contributed by atoms with Gasteiger partial charge in [-0.25, -0.2) is 9.97 Å². The molecule has 2 rings (SSSR count). The monoisotopic (exact) mass is 220 g/mol. The van der Waals surface area contributed by atoms with Crippen LogP contribution in [0.1, 0.15) is 19.0 Å². The third-order valence-electron chi connectivity index (χ3n) is 2.69. The second-order valence-electron chi connectivity index (χ2n) is 4.04. The first-order valence-corrected chi connectivity index (χ1v) is 5.52. The highest BCUT2D eigenvalue weighted by molar-refractivity contribution is 5.77. The van der Waals surface area contributed by atoms with Crippen LogP contribution < -0.4 is 5.32 Å². The number of rotatable bonds is 3. The molecule has 1 amide bonds. The first kappa shape index (κ1) is 10.9. The minimum atomic E-state index is 0.219. The molecule has 0 unspecified atom stereocenters. The van der Waals surface area contributed by atoms with Gasteiger partial charge in [-0.05, 0) is 6.92 Å². The summed E-state index contributed by atoms with van der Waals surface area (Å²) >= 11 is 0. The van der Waals surface area contributed by atoms with E-state index >= 15 is 0 Å². The molecule has 1 aromatic heterocycles. The molecule has 16 heavy (non-hydrogen) atoms. The fraction of sp³-hybridized carbons (Fsp3) is 0.545. The molecule has 1 fully saturated rings. The van der Waals surface area contributed by atoms with E-state index in [4.69, 9.17) is 0 Å². The van der Waals surface area contributed by atoms with E-state index in [2.05, 4.69) is 15.3 Å². The Bertz CT molecular complexity index is 387. The van der Waals surface area contributed by atoms with Gasteiger partial charge in [-0.2, -0.15) is 0 Å². The predicted molar refractivity (Wildman–Crippen MR) is 61.1 cm³/mol. The van der Waals surface area contributed by atoms with Crippen molar-refractivity contribution < 1.29 is 4.79 Å². The Morgan fingerprint density at radius 2 is 2.31 bits per heavy atom. The zero-order valence-corrected chi connectivity index (χ0v) is 9.60. The highest BCUT2D eigenvalue weighted by Crippen LogP contribution is 2.14. The van der Waals surface area contributed by atoms with Gasteiger partial charge in [0.15, 0.2) is 0 Å². The quantitative estimate of drug-likeness (QED) is 0.819. The maximum Gasteiger partial charge on any atom is 0.222 e. The second kappa shape index (κ2) is 4.47. The predicted octanol–water partition coefficient (Wildman–Crippen LogP) is 0.818. The Hall–Kier alpha value is -1.65. The number of amides is 1. The lowest BCUT2D eigenvalue weighted by Crippen LogP contribution is -2.56. The summed E-state index contributed by atoms with van der Waals surface area (Å²) in [6.07, 6.45) is 2.13. The maximum absolute atomic E-state index is 11.3. The number of hydrogen-bond donors (Lipinski definition) is 1. The number of carbonyl (C=O) groups is 1. The minimum Gasteiger partial charge on any atom is -0.364 e. The molecule has 0 saturated carbocycles. The van der Waals surface area contributed by atoms with E-state index in [0.717, 1.165) is 24.6 Å². The van der Waals surface area contributed by atoms with Crippen LogP contribution in [0.3, 0.4) is 0 Å². The summed E-state index contributed by atoms with van der Waals surface area (Å²) in [4.78, 5) is 21.3.